The zero-order valence-electron chi connectivity index (χ0n) is 9.06. The Kier molecular flexibility index (Phi) is 2.60. The topological polar surface area (TPSA) is 63.9 Å². The van der Waals surface area contributed by atoms with Gasteiger partial charge in [-0.1, -0.05) is 5.21 Å². The van der Waals surface area contributed by atoms with Gasteiger partial charge in [0.05, 0.1) is 11.7 Å². The van der Waals surface area contributed by atoms with E-state index in [1.807, 2.05) is 11.1 Å². The van der Waals surface area contributed by atoms with Crippen molar-refractivity contribution >= 4 is 17.2 Å². The first-order valence-corrected chi connectivity index (χ1v) is 6.29. The van der Waals surface area contributed by atoms with Gasteiger partial charge < -0.3 is 4.90 Å². The molecular formula is C10H11N5OS. The maximum absolute atomic E-state index is 11.9. The number of hydrogen-bond acceptors (Lipinski definition) is 5. The molecule has 2 aromatic heterocycles. The normalized spacial score (nSPS) is 15.9. The van der Waals surface area contributed by atoms with Crippen LogP contribution in [0, 0.1) is 5.92 Å². The molecule has 0 atom stereocenters. The van der Waals surface area contributed by atoms with E-state index in [0.717, 1.165) is 19.6 Å². The monoisotopic (exact) mass is 249 g/mol. The molecule has 1 aliphatic rings. The molecule has 3 heterocycles. The molecule has 0 saturated carbocycles. The Labute approximate surface area is 102 Å². The minimum Gasteiger partial charge on any atom is -0.336 e. The lowest BCUT2D eigenvalue weighted by Crippen LogP contribution is -2.51. The minimum atomic E-state index is 0.0288. The van der Waals surface area contributed by atoms with Crippen molar-refractivity contribution in [2.24, 2.45) is 5.92 Å². The molecule has 0 radical (unpaired) electrons. The van der Waals surface area contributed by atoms with Crippen molar-refractivity contribution in [2.45, 2.75) is 6.54 Å². The van der Waals surface area contributed by atoms with E-state index >= 15 is 0 Å². The van der Waals surface area contributed by atoms with Crippen molar-refractivity contribution < 1.29 is 4.79 Å². The van der Waals surface area contributed by atoms with Gasteiger partial charge in [-0.05, 0) is 0 Å². The smallest absolute Gasteiger partial charge is 0.273 e. The average Bonchev–Trinajstić information content (AvgIpc) is 2.94. The Morgan fingerprint density at radius 2 is 2.41 bits per heavy atom. The second-order valence-electron chi connectivity index (χ2n) is 4.07. The van der Waals surface area contributed by atoms with Crippen molar-refractivity contribution in [2.75, 3.05) is 13.1 Å². The van der Waals surface area contributed by atoms with Crippen LogP contribution in [0.5, 0.6) is 0 Å². The van der Waals surface area contributed by atoms with Crippen LogP contribution < -0.4 is 0 Å². The molecular weight excluding hydrogens is 238 g/mol. The van der Waals surface area contributed by atoms with E-state index in [1.54, 1.807) is 21.8 Å². The van der Waals surface area contributed by atoms with Gasteiger partial charge in [0.25, 0.3) is 5.91 Å². The zero-order chi connectivity index (χ0) is 11.7. The van der Waals surface area contributed by atoms with Gasteiger partial charge in [-0.25, -0.2) is 4.98 Å². The predicted octanol–water partition coefficient (Wildman–Crippen LogP) is 0.507. The Morgan fingerprint density at radius 1 is 1.53 bits per heavy atom. The molecule has 1 amide bonds. The number of aromatic nitrogens is 4. The largest absolute Gasteiger partial charge is 0.336 e. The first-order chi connectivity index (χ1) is 8.33. The average molecular weight is 249 g/mol. The van der Waals surface area contributed by atoms with Gasteiger partial charge in [-0.3, -0.25) is 9.48 Å². The van der Waals surface area contributed by atoms with E-state index in [1.165, 1.54) is 11.3 Å². The summed E-state index contributed by atoms with van der Waals surface area (Å²) in [6.45, 7) is 2.37. The highest BCUT2D eigenvalue weighted by Gasteiger charge is 2.32. The Balaban J connectivity index is 1.53. The lowest BCUT2D eigenvalue weighted by atomic mass is 10.00. The molecule has 3 rings (SSSR count). The van der Waals surface area contributed by atoms with Crippen LogP contribution in [-0.4, -0.2) is 43.9 Å². The van der Waals surface area contributed by atoms with Crippen molar-refractivity contribution in [1.82, 2.24) is 24.9 Å². The highest BCUT2D eigenvalue weighted by molar-refractivity contribution is 7.07. The van der Waals surface area contributed by atoms with E-state index in [0.29, 0.717) is 11.6 Å². The quantitative estimate of drug-likeness (QED) is 0.795. The molecule has 2 aromatic rings. The number of carbonyl (C=O) groups is 1. The van der Waals surface area contributed by atoms with Gasteiger partial charge in [0.15, 0.2) is 0 Å². The standard InChI is InChI=1S/C10H11N5OS/c16-10(9-6-17-7-11-9)14-3-8(4-14)5-15-2-1-12-13-15/h1-2,6-8H,3-5H2. The SMILES string of the molecule is O=C(c1cscn1)N1CC(Cn2ccnn2)C1. The third-order valence-corrected chi connectivity index (χ3v) is 3.40. The third kappa shape index (κ3) is 2.05. The van der Waals surface area contributed by atoms with Crippen LogP contribution >= 0.6 is 11.3 Å². The summed E-state index contributed by atoms with van der Waals surface area (Å²) in [4.78, 5) is 17.7. The summed E-state index contributed by atoms with van der Waals surface area (Å²) >= 11 is 1.44. The molecule has 88 valence electrons. The Bertz CT molecular complexity index is 489. The maximum Gasteiger partial charge on any atom is 0.273 e. The van der Waals surface area contributed by atoms with E-state index in [-0.39, 0.29) is 5.91 Å². The van der Waals surface area contributed by atoms with Gasteiger partial charge in [0.1, 0.15) is 5.69 Å². The molecule has 1 fully saturated rings. The van der Waals surface area contributed by atoms with Crippen molar-refractivity contribution in [1.29, 1.82) is 0 Å². The maximum atomic E-state index is 11.9. The molecule has 1 saturated heterocycles. The highest BCUT2D eigenvalue weighted by atomic mass is 32.1. The fraction of sp³-hybridized carbons (Fsp3) is 0.400. The van der Waals surface area contributed by atoms with Crippen LogP contribution in [0.3, 0.4) is 0 Å². The number of likely N-dealkylation sites (tertiary alicyclic amines) is 1. The Morgan fingerprint density at radius 3 is 3.06 bits per heavy atom. The molecule has 0 aliphatic carbocycles. The van der Waals surface area contributed by atoms with E-state index < -0.39 is 0 Å². The van der Waals surface area contributed by atoms with Crippen molar-refractivity contribution in [3.8, 4) is 0 Å². The highest BCUT2D eigenvalue weighted by Crippen LogP contribution is 2.19. The molecule has 17 heavy (non-hydrogen) atoms. The number of nitrogens with zero attached hydrogens (tertiary/aromatic N) is 5. The number of rotatable bonds is 3. The fourth-order valence-corrected chi connectivity index (χ4v) is 2.45. The van der Waals surface area contributed by atoms with E-state index in [4.69, 9.17) is 0 Å². The summed E-state index contributed by atoms with van der Waals surface area (Å²) in [5.41, 5.74) is 2.23. The number of amides is 1. The summed E-state index contributed by atoms with van der Waals surface area (Å²) in [5, 5.41) is 9.45. The molecule has 0 aromatic carbocycles. The van der Waals surface area contributed by atoms with Gasteiger partial charge in [-0.2, -0.15) is 0 Å². The molecule has 7 heteroatoms. The van der Waals surface area contributed by atoms with Crippen LogP contribution in [-0.2, 0) is 6.54 Å². The molecule has 0 bridgehead atoms. The van der Waals surface area contributed by atoms with Crippen molar-refractivity contribution in [3.63, 3.8) is 0 Å². The second-order valence-corrected chi connectivity index (χ2v) is 4.79. The van der Waals surface area contributed by atoms with Crippen LogP contribution in [0.2, 0.25) is 0 Å². The van der Waals surface area contributed by atoms with Crippen LogP contribution in [0.15, 0.2) is 23.3 Å². The van der Waals surface area contributed by atoms with Gasteiger partial charge in [0, 0.05) is 37.1 Å². The summed E-state index contributed by atoms with van der Waals surface area (Å²) < 4.78 is 1.80. The third-order valence-electron chi connectivity index (χ3n) is 2.81. The zero-order valence-corrected chi connectivity index (χ0v) is 9.88. The molecule has 0 spiro atoms. The molecule has 1 aliphatic heterocycles. The summed E-state index contributed by atoms with van der Waals surface area (Å²) in [6, 6.07) is 0. The van der Waals surface area contributed by atoms with Gasteiger partial charge in [0.2, 0.25) is 0 Å². The summed E-state index contributed by atoms with van der Waals surface area (Å²) in [6.07, 6.45) is 3.50. The van der Waals surface area contributed by atoms with Crippen LogP contribution in [0.25, 0.3) is 0 Å². The molecule has 0 unspecified atom stereocenters. The van der Waals surface area contributed by atoms with Crippen LogP contribution in [0.1, 0.15) is 10.5 Å². The number of hydrogen-bond donors (Lipinski definition) is 0. The summed E-state index contributed by atoms with van der Waals surface area (Å²) in [7, 11) is 0. The van der Waals surface area contributed by atoms with Crippen molar-refractivity contribution in [3.05, 3.63) is 29.0 Å². The number of thiazole rings is 1. The van der Waals surface area contributed by atoms with E-state index in [9.17, 15) is 4.79 Å². The molecule has 0 N–H and O–H groups in total. The molecule has 6 nitrogen and oxygen atoms in total. The Hall–Kier alpha value is -1.76. The lowest BCUT2D eigenvalue weighted by Gasteiger charge is -2.38. The van der Waals surface area contributed by atoms with E-state index in [2.05, 4.69) is 15.3 Å². The predicted molar refractivity (Wildman–Crippen MR) is 61.5 cm³/mol. The first kappa shape index (κ1) is 10.4. The summed E-state index contributed by atoms with van der Waals surface area (Å²) in [5.74, 6) is 0.500. The van der Waals surface area contributed by atoms with Gasteiger partial charge in [-0.15, -0.1) is 16.4 Å². The number of carbonyl (C=O) groups excluding carboxylic acids is 1. The van der Waals surface area contributed by atoms with Crippen LogP contribution in [0.4, 0.5) is 0 Å². The fourth-order valence-electron chi connectivity index (χ4n) is 1.93. The lowest BCUT2D eigenvalue weighted by molar-refractivity contribution is 0.0455. The second kappa shape index (κ2) is 4.25. The van der Waals surface area contributed by atoms with Gasteiger partial charge >= 0.3 is 0 Å². The minimum absolute atomic E-state index is 0.0288. The first-order valence-electron chi connectivity index (χ1n) is 5.34.